The van der Waals surface area contributed by atoms with Crippen LogP contribution in [0.25, 0.3) is 0 Å². The van der Waals surface area contributed by atoms with Gasteiger partial charge in [0.25, 0.3) is 0 Å². The van der Waals surface area contributed by atoms with E-state index in [9.17, 15) is 13.9 Å². The van der Waals surface area contributed by atoms with E-state index in [1.807, 2.05) is 13.8 Å². The van der Waals surface area contributed by atoms with Gasteiger partial charge in [0.15, 0.2) is 6.61 Å². The van der Waals surface area contributed by atoms with E-state index < -0.39 is 28.2 Å². The Morgan fingerprint density at radius 3 is 2.35 bits per heavy atom. The van der Waals surface area contributed by atoms with Crippen LogP contribution in [0.4, 0.5) is 0 Å². The number of phosphoric ester groups is 1. The Hall–Kier alpha value is -0.270. The van der Waals surface area contributed by atoms with Crippen molar-refractivity contribution in [1.82, 2.24) is 0 Å². The average Bonchev–Trinajstić information content (AvgIpc) is 2.33. The lowest BCUT2D eigenvalue weighted by atomic mass is 9.75. The van der Waals surface area contributed by atoms with Crippen LogP contribution in [-0.2, 0) is 27.5 Å². The smallest absolute Gasteiger partial charge is 0.460 e. The highest BCUT2D eigenvalue weighted by Crippen LogP contribution is 2.57. The Kier molecular flexibility index (Phi) is 7.41. The van der Waals surface area contributed by atoms with Crippen LogP contribution in [0.3, 0.4) is 0 Å². The van der Waals surface area contributed by atoms with Crippen molar-refractivity contribution in [2.45, 2.75) is 46.1 Å². The lowest BCUT2D eigenvalue weighted by molar-refractivity contribution is -0.158. The van der Waals surface area contributed by atoms with E-state index in [-0.39, 0.29) is 12.0 Å². The summed E-state index contributed by atoms with van der Waals surface area (Å²) >= 11 is 0. The number of esters is 1. The minimum Gasteiger partial charge on any atom is -0.460 e. The minimum absolute atomic E-state index is 0.197. The fourth-order valence-electron chi connectivity index (χ4n) is 2.75. The van der Waals surface area contributed by atoms with Crippen molar-refractivity contribution in [2.24, 2.45) is 17.8 Å². The molecule has 1 rings (SSSR count). The van der Waals surface area contributed by atoms with E-state index in [1.165, 1.54) is 0 Å². The van der Waals surface area contributed by atoms with Crippen molar-refractivity contribution in [1.29, 1.82) is 0 Å². The molecule has 3 N–H and O–H groups in total. The Morgan fingerprint density at radius 2 is 1.83 bits per heavy atom. The second-order valence-corrected chi connectivity index (χ2v) is 9.00. The zero-order valence-electron chi connectivity index (χ0n) is 13.3. The summed E-state index contributed by atoms with van der Waals surface area (Å²) in [5.41, 5.74) is 0. The maximum atomic E-state index is 11.8. The van der Waals surface area contributed by atoms with E-state index in [0.29, 0.717) is 18.3 Å². The number of ether oxygens (including phenoxy) is 1. The molecule has 0 spiro atoms. The molecule has 0 heterocycles. The van der Waals surface area contributed by atoms with Crippen molar-refractivity contribution in [3.05, 3.63) is 0 Å². The highest BCUT2D eigenvalue weighted by atomic mass is 31.3. The normalized spacial score (nSPS) is 28.4. The van der Waals surface area contributed by atoms with Gasteiger partial charge in [0, 0.05) is 0 Å². The van der Waals surface area contributed by atoms with Gasteiger partial charge in [-0.25, -0.2) is 13.9 Å². The molecule has 9 nitrogen and oxygen atoms in total. The topological polar surface area (TPSA) is 140 Å². The number of carbonyl (C=O) groups is 1. The molecule has 23 heavy (non-hydrogen) atoms. The summed E-state index contributed by atoms with van der Waals surface area (Å²) in [6.45, 7) is 5.20. The van der Waals surface area contributed by atoms with Gasteiger partial charge in [-0.2, -0.15) is 4.31 Å². The van der Waals surface area contributed by atoms with Gasteiger partial charge in [-0.3, -0.25) is 4.52 Å². The molecular formula is C12H24O9P2. The monoisotopic (exact) mass is 374 g/mol. The van der Waals surface area contributed by atoms with Crippen molar-refractivity contribution < 1.29 is 42.2 Å². The lowest BCUT2D eigenvalue weighted by Gasteiger charge is -2.36. The molecule has 0 radical (unpaired) electrons. The quantitative estimate of drug-likeness (QED) is 0.452. The van der Waals surface area contributed by atoms with Crippen LogP contribution in [-0.4, -0.2) is 33.4 Å². The summed E-state index contributed by atoms with van der Waals surface area (Å²) in [6.07, 6.45) is 2.37. The van der Waals surface area contributed by atoms with Crippen molar-refractivity contribution in [3.8, 4) is 0 Å². The summed E-state index contributed by atoms with van der Waals surface area (Å²) in [5, 5.41) is 0. The number of phosphoric acid groups is 2. The maximum Gasteiger partial charge on any atom is 0.481 e. The molecule has 0 aromatic rings. The van der Waals surface area contributed by atoms with Gasteiger partial charge in [0.05, 0.1) is 0 Å². The Morgan fingerprint density at radius 1 is 1.22 bits per heavy atom. The number of carbonyl (C=O) groups excluding carboxylic acids is 1. The summed E-state index contributed by atoms with van der Waals surface area (Å²) in [5.74, 6) is 0.0505. The molecular weight excluding hydrogens is 350 g/mol. The number of hydrogen-bond donors (Lipinski definition) is 3. The third kappa shape index (κ3) is 7.90. The van der Waals surface area contributed by atoms with Crippen LogP contribution in [0, 0.1) is 17.8 Å². The van der Waals surface area contributed by atoms with Crippen LogP contribution in [0.15, 0.2) is 0 Å². The summed E-state index contributed by atoms with van der Waals surface area (Å²) in [6, 6.07) is 0. The average molecular weight is 374 g/mol. The maximum absolute atomic E-state index is 11.8. The van der Waals surface area contributed by atoms with E-state index in [2.05, 4.69) is 15.8 Å². The van der Waals surface area contributed by atoms with Gasteiger partial charge < -0.3 is 19.4 Å². The predicted molar refractivity (Wildman–Crippen MR) is 80.1 cm³/mol. The number of hydrogen-bond acceptors (Lipinski definition) is 6. The van der Waals surface area contributed by atoms with Gasteiger partial charge in [0.1, 0.15) is 6.10 Å². The molecule has 1 aliphatic rings. The molecule has 1 aliphatic carbocycles. The van der Waals surface area contributed by atoms with Gasteiger partial charge in [-0.05, 0) is 30.6 Å². The van der Waals surface area contributed by atoms with Crippen LogP contribution in [0.5, 0.6) is 0 Å². The summed E-state index contributed by atoms with van der Waals surface area (Å²) in [7, 11) is -10.2. The Bertz CT molecular complexity index is 501. The summed E-state index contributed by atoms with van der Waals surface area (Å²) < 4.78 is 34.9. The van der Waals surface area contributed by atoms with Gasteiger partial charge in [-0.15, -0.1) is 0 Å². The largest absolute Gasteiger partial charge is 0.481 e. The van der Waals surface area contributed by atoms with Crippen LogP contribution in [0.2, 0.25) is 0 Å². The van der Waals surface area contributed by atoms with Crippen LogP contribution >= 0.6 is 15.6 Å². The predicted octanol–water partition coefficient (Wildman–Crippen LogP) is 2.22. The van der Waals surface area contributed by atoms with Gasteiger partial charge in [0.2, 0.25) is 0 Å². The first-order chi connectivity index (χ1) is 10.4. The highest BCUT2D eigenvalue weighted by molar-refractivity contribution is 7.60. The molecule has 136 valence electrons. The first kappa shape index (κ1) is 20.8. The van der Waals surface area contributed by atoms with Crippen molar-refractivity contribution in [2.75, 3.05) is 6.61 Å². The fourth-order valence-corrected chi connectivity index (χ4v) is 4.28. The second-order valence-electron chi connectivity index (χ2n) is 6.17. The fraction of sp³-hybridized carbons (Fsp3) is 0.917. The first-order valence-electron chi connectivity index (χ1n) is 7.33. The SMILES string of the molecule is CC(C)[C@@H]1CC[C@@H](C)C[C@H]1OC(=O)COP(=O)(O)OP(=O)(O)O. The molecule has 0 saturated heterocycles. The van der Waals surface area contributed by atoms with Gasteiger partial charge >= 0.3 is 21.6 Å². The first-order valence-corrected chi connectivity index (χ1v) is 10.4. The molecule has 1 unspecified atom stereocenters. The third-order valence-corrected chi connectivity index (χ3v) is 5.93. The van der Waals surface area contributed by atoms with Crippen molar-refractivity contribution in [3.63, 3.8) is 0 Å². The summed E-state index contributed by atoms with van der Waals surface area (Å²) in [4.78, 5) is 37.8. The molecule has 1 saturated carbocycles. The highest BCUT2D eigenvalue weighted by Gasteiger charge is 2.36. The molecule has 1 fully saturated rings. The molecule has 0 aromatic carbocycles. The zero-order valence-corrected chi connectivity index (χ0v) is 15.1. The molecule has 0 aliphatic heterocycles. The molecule has 0 aromatic heterocycles. The number of rotatable bonds is 7. The zero-order chi connectivity index (χ0) is 17.8. The van der Waals surface area contributed by atoms with E-state index >= 15 is 0 Å². The molecule has 0 bridgehead atoms. The molecule has 11 heteroatoms. The van der Waals surface area contributed by atoms with E-state index in [0.717, 1.165) is 12.8 Å². The minimum atomic E-state index is -5.20. The molecule has 4 atom stereocenters. The van der Waals surface area contributed by atoms with Gasteiger partial charge in [-0.1, -0.05) is 27.2 Å². The van der Waals surface area contributed by atoms with E-state index in [1.54, 1.807) is 0 Å². The third-order valence-electron chi connectivity index (χ3n) is 3.80. The molecule has 0 amide bonds. The second kappa shape index (κ2) is 8.21. The Labute approximate surface area is 135 Å². The standard InChI is InChI=1S/C12H24O9P2/c1-8(2)10-5-4-9(3)6-11(10)20-12(13)7-19-23(17,18)21-22(14,15)16/h8-11H,4-7H2,1-3H3,(H,17,18)(H2,14,15,16)/t9-,10+,11-/m1/s1. The van der Waals surface area contributed by atoms with Crippen LogP contribution in [0.1, 0.15) is 40.0 Å². The van der Waals surface area contributed by atoms with E-state index in [4.69, 9.17) is 19.4 Å². The Balaban J connectivity index is 2.54. The van der Waals surface area contributed by atoms with Crippen LogP contribution < -0.4 is 0 Å². The van der Waals surface area contributed by atoms with Crippen molar-refractivity contribution >= 4 is 21.6 Å². The lowest BCUT2D eigenvalue weighted by Crippen LogP contribution is -2.36.